The van der Waals surface area contributed by atoms with Crippen LogP contribution >= 0.6 is 0 Å². The van der Waals surface area contributed by atoms with Gasteiger partial charge in [-0.1, -0.05) is 13.8 Å². The van der Waals surface area contributed by atoms with E-state index < -0.39 is 0 Å². The van der Waals surface area contributed by atoms with E-state index in [0.29, 0.717) is 5.92 Å². The Balaban J connectivity index is 3.35. The van der Waals surface area contributed by atoms with Gasteiger partial charge in [-0.3, -0.25) is 0 Å². The van der Waals surface area contributed by atoms with Crippen LogP contribution in [0.25, 0.3) is 0 Å². The second-order valence-electron chi connectivity index (χ2n) is 3.67. The molecule has 0 aromatic carbocycles. The average molecular weight is 188 g/mol. The summed E-state index contributed by atoms with van der Waals surface area (Å²) in [5.74, 6) is 0.710. The molecule has 0 saturated carbocycles. The van der Waals surface area contributed by atoms with Crippen LogP contribution in [0.3, 0.4) is 0 Å². The molecular formula is C10H24N2O. The number of ether oxygens (including phenoxy) is 1. The van der Waals surface area contributed by atoms with Crippen LogP contribution in [-0.2, 0) is 4.74 Å². The van der Waals surface area contributed by atoms with Gasteiger partial charge in [0.15, 0.2) is 0 Å². The molecule has 1 unspecified atom stereocenters. The van der Waals surface area contributed by atoms with Crippen LogP contribution in [0.2, 0.25) is 0 Å². The van der Waals surface area contributed by atoms with Crippen molar-refractivity contribution in [3.05, 3.63) is 0 Å². The summed E-state index contributed by atoms with van der Waals surface area (Å²) in [6.07, 6.45) is 0. The maximum absolute atomic E-state index is 5.02. The van der Waals surface area contributed by atoms with Crippen LogP contribution in [0.5, 0.6) is 0 Å². The number of rotatable bonds is 8. The molecule has 0 aliphatic carbocycles. The second-order valence-corrected chi connectivity index (χ2v) is 3.67. The highest BCUT2D eigenvalue weighted by Gasteiger charge is 2.04. The monoisotopic (exact) mass is 188 g/mol. The van der Waals surface area contributed by atoms with Gasteiger partial charge in [0.05, 0.1) is 6.61 Å². The minimum absolute atomic E-state index is 0.710. The van der Waals surface area contributed by atoms with Crippen molar-refractivity contribution < 1.29 is 4.74 Å². The summed E-state index contributed by atoms with van der Waals surface area (Å²) in [4.78, 5) is 2.31. The third-order valence-electron chi connectivity index (χ3n) is 2.04. The molecule has 13 heavy (non-hydrogen) atoms. The first-order valence-corrected chi connectivity index (χ1v) is 5.08. The van der Waals surface area contributed by atoms with Gasteiger partial charge >= 0.3 is 0 Å². The largest absolute Gasteiger partial charge is 0.383 e. The lowest BCUT2D eigenvalue weighted by molar-refractivity contribution is 0.153. The SMILES string of the molecule is CCNCC(C)CN(C)CCOC. The smallest absolute Gasteiger partial charge is 0.0589 e. The van der Waals surface area contributed by atoms with Gasteiger partial charge in [0.2, 0.25) is 0 Å². The first-order valence-electron chi connectivity index (χ1n) is 5.08. The molecule has 80 valence electrons. The predicted molar refractivity (Wildman–Crippen MR) is 57.1 cm³/mol. The van der Waals surface area contributed by atoms with E-state index in [9.17, 15) is 0 Å². The zero-order valence-corrected chi connectivity index (χ0v) is 9.47. The molecule has 0 rings (SSSR count). The van der Waals surface area contributed by atoms with E-state index in [4.69, 9.17) is 4.74 Å². The normalized spacial score (nSPS) is 13.6. The van der Waals surface area contributed by atoms with Gasteiger partial charge in [0.25, 0.3) is 0 Å². The quantitative estimate of drug-likeness (QED) is 0.610. The molecule has 0 fully saturated rings. The molecular weight excluding hydrogens is 164 g/mol. The molecule has 0 amide bonds. The maximum Gasteiger partial charge on any atom is 0.0589 e. The molecule has 1 N–H and O–H groups in total. The zero-order valence-electron chi connectivity index (χ0n) is 9.47. The fraction of sp³-hybridized carbons (Fsp3) is 1.00. The lowest BCUT2D eigenvalue weighted by atomic mass is 10.1. The fourth-order valence-corrected chi connectivity index (χ4v) is 1.33. The van der Waals surface area contributed by atoms with Crippen LogP contribution in [0.15, 0.2) is 0 Å². The highest BCUT2D eigenvalue weighted by molar-refractivity contribution is 4.61. The summed E-state index contributed by atoms with van der Waals surface area (Å²) in [5, 5.41) is 3.35. The molecule has 0 saturated heterocycles. The zero-order chi connectivity index (χ0) is 10.1. The van der Waals surface area contributed by atoms with Crippen LogP contribution in [-0.4, -0.2) is 51.8 Å². The molecule has 0 heterocycles. The van der Waals surface area contributed by atoms with E-state index in [0.717, 1.165) is 32.8 Å². The molecule has 0 bridgehead atoms. The highest BCUT2D eigenvalue weighted by Crippen LogP contribution is 1.95. The number of methoxy groups -OCH3 is 1. The molecule has 0 spiro atoms. The van der Waals surface area contributed by atoms with Crippen molar-refractivity contribution in [1.82, 2.24) is 10.2 Å². The Morgan fingerprint density at radius 1 is 1.46 bits per heavy atom. The lowest BCUT2D eigenvalue weighted by Gasteiger charge is -2.20. The average Bonchev–Trinajstić information content (AvgIpc) is 2.11. The number of hydrogen-bond acceptors (Lipinski definition) is 3. The Hall–Kier alpha value is -0.120. The van der Waals surface area contributed by atoms with E-state index in [1.54, 1.807) is 7.11 Å². The molecule has 0 radical (unpaired) electrons. The summed E-state index contributed by atoms with van der Waals surface area (Å²) < 4.78 is 5.02. The summed E-state index contributed by atoms with van der Waals surface area (Å²) in [6, 6.07) is 0. The summed E-state index contributed by atoms with van der Waals surface area (Å²) in [5.41, 5.74) is 0. The third kappa shape index (κ3) is 8.22. The number of hydrogen-bond donors (Lipinski definition) is 1. The van der Waals surface area contributed by atoms with Crippen LogP contribution < -0.4 is 5.32 Å². The molecule has 1 atom stereocenters. The Bertz CT molecular complexity index is 97.1. The Morgan fingerprint density at radius 3 is 2.69 bits per heavy atom. The molecule has 0 aliphatic heterocycles. The Labute approximate surface area is 82.4 Å². The highest BCUT2D eigenvalue weighted by atomic mass is 16.5. The first-order chi connectivity index (χ1) is 6.20. The van der Waals surface area contributed by atoms with Crippen LogP contribution in [0, 0.1) is 5.92 Å². The van der Waals surface area contributed by atoms with E-state index in [1.807, 2.05) is 0 Å². The van der Waals surface area contributed by atoms with E-state index >= 15 is 0 Å². The Kier molecular flexibility index (Phi) is 8.40. The van der Waals surface area contributed by atoms with Gasteiger partial charge in [-0.25, -0.2) is 0 Å². The van der Waals surface area contributed by atoms with Crippen LogP contribution in [0.4, 0.5) is 0 Å². The van der Waals surface area contributed by atoms with Crippen molar-refractivity contribution in [3.63, 3.8) is 0 Å². The van der Waals surface area contributed by atoms with Crippen molar-refractivity contribution >= 4 is 0 Å². The van der Waals surface area contributed by atoms with Gasteiger partial charge in [-0.05, 0) is 26.1 Å². The third-order valence-corrected chi connectivity index (χ3v) is 2.04. The Morgan fingerprint density at radius 2 is 2.15 bits per heavy atom. The maximum atomic E-state index is 5.02. The first kappa shape index (κ1) is 12.9. The molecule has 0 aromatic heterocycles. The van der Waals surface area contributed by atoms with Gasteiger partial charge in [0.1, 0.15) is 0 Å². The van der Waals surface area contributed by atoms with E-state index in [1.165, 1.54) is 0 Å². The minimum atomic E-state index is 0.710. The molecule has 3 heteroatoms. The van der Waals surface area contributed by atoms with Gasteiger partial charge in [-0.2, -0.15) is 0 Å². The standard InChI is InChI=1S/C10H24N2O/c1-5-11-8-10(2)9-12(3)6-7-13-4/h10-11H,5-9H2,1-4H3. The number of likely N-dealkylation sites (N-methyl/N-ethyl adjacent to an activating group) is 1. The van der Waals surface area contributed by atoms with Crippen molar-refractivity contribution in [2.75, 3.05) is 46.9 Å². The molecule has 0 aliphatic rings. The van der Waals surface area contributed by atoms with E-state index in [-0.39, 0.29) is 0 Å². The van der Waals surface area contributed by atoms with Crippen molar-refractivity contribution in [2.45, 2.75) is 13.8 Å². The molecule has 0 aromatic rings. The lowest BCUT2D eigenvalue weighted by Crippen LogP contribution is -2.32. The van der Waals surface area contributed by atoms with Crippen molar-refractivity contribution in [2.24, 2.45) is 5.92 Å². The van der Waals surface area contributed by atoms with Gasteiger partial charge in [-0.15, -0.1) is 0 Å². The summed E-state index contributed by atoms with van der Waals surface area (Å²) in [7, 11) is 3.89. The topological polar surface area (TPSA) is 24.5 Å². The van der Waals surface area contributed by atoms with E-state index in [2.05, 4.69) is 31.1 Å². The fourth-order valence-electron chi connectivity index (χ4n) is 1.33. The summed E-state index contributed by atoms with van der Waals surface area (Å²) in [6.45, 7) is 9.56. The second kappa shape index (κ2) is 8.48. The predicted octanol–water partition coefficient (Wildman–Crippen LogP) is 0.810. The van der Waals surface area contributed by atoms with Crippen LogP contribution in [0.1, 0.15) is 13.8 Å². The molecule has 3 nitrogen and oxygen atoms in total. The number of nitrogens with one attached hydrogen (secondary N) is 1. The van der Waals surface area contributed by atoms with Crippen molar-refractivity contribution in [3.8, 4) is 0 Å². The van der Waals surface area contributed by atoms with Gasteiger partial charge in [0, 0.05) is 20.2 Å². The van der Waals surface area contributed by atoms with Crippen molar-refractivity contribution in [1.29, 1.82) is 0 Å². The van der Waals surface area contributed by atoms with Gasteiger partial charge < -0.3 is 15.0 Å². The summed E-state index contributed by atoms with van der Waals surface area (Å²) >= 11 is 0. The minimum Gasteiger partial charge on any atom is -0.383 e. The number of nitrogens with zero attached hydrogens (tertiary/aromatic N) is 1.